The molecule has 198 valence electrons. The van der Waals surface area contributed by atoms with Crippen LogP contribution >= 0.6 is 0 Å². The van der Waals surface area contributed by atoms with Crippen LogP contribution in [-0.4, -0.2) is 83.5 Å². The molecule has 1 aliphatic heterocycles. The summed E-state index contributed by atoms with van der Waals surface area (Å²) in [6.07, 6.45) is -1.49. The highest BCUT2D eigenvalue weighted by molar-refractivity contribution is 5.94. The molecule has 0 unspecified atom stereocenters. The van der Waals surface area contributed by atoms with Gasteiger partial charge in [0, 0.05) is 13.2 Å². The number of rotatable bonds is 6. The van der Waals surface area contributed by atoms with E-state index in [1.165, 1.54) is 6.92 Å². The molecule has 0 aromatic carbocycles. The Kier molecular flexibility index (Phi) is 11.7. The fourth-order valence-electron chi connectivity index (χ4n) is 3.17. The molecule has 10 nitrogen and oxygen atoms in total. The predicted octanol–water partition coefficient (Wildman–Crippen LogP) is 3.82. The molecule has 1 aliphatic rings. The third-order valence-corrected chi connectivity index (χ3v) is 4.83. The molecule has 10 heteroatoms. The van der Waals surface area contributed by atoms with Crippen molar-refractivity contribution < 1.29 is 43.2 Å². The number of aliphatic hydroxyl groups is 1. The van der Waals surface area contributed by atoms with E-state index >= 15 is 0 Å². The van der Waals surface area contributed by atoms with Crippen molar-refractivity contribution in [1.82, 2.24) is 4.90 Å². The number of nitrogens with zero attached hydrogens (tertiary/aromatic N) is 1. The van der Waals surface area contributed by atoms with Crippen LogP contribution in [0.3, 0.4) is 0 Å². The van der Waals surface area contributed by atoms with Gasteiger partial charge in [-0.3, -0.25) is 0 Å². The molecule has 1 rings (SSSR count). The van der Waals surface area contributed by atoms with Gasteiger partial charge in [0.1, 0.15) is 23.4 Å². The van der Waals surface area contributed by atoms with E-state index in [2.05, 4.69) is 6.92 Å². The Morgan fingerprint density at radius 2 is 1.62 bits per heavy atom. The summed E-state index contributed by atoms with van der Waals surface area (Å²) in [6.45, 7) is 13.8. The highest BCUT2D eigenvalue weighted by atomic mass is 16.6. The number of carbonyl (C=O) groups is 3. The lowest BCUT2D eigenvalue weighted by Crippen LogP contribution is -2.55. The Bertz CT molecular complexity index is 640. The van der Waals surface area contributed by atoms with E-state index in [0.717, 1.165) is 19.3 Å². The SMILES string of the molecule is CCCCCO[C@H]1CCOC[C@H](N(C(=O)OC(C)(C)C)C(=O)OC(C)(C)C)C(=O)O[C@@H](C)[C@@H]1O. The molecular weight excluding hydrogens is 446 g/mol. The zero-order valence-corrected chi connectivity index (χ0v) is 21.9. The highest BCUT2D eigenvalue weighted by Gasteiger charge is 2.43. The fourth-order valence-corrected chi connectivity index (χ4v) is 3.17. The zero-order valence-electron chi connectivity index (χ0n) is 21.9. The van der Waals surface area contributed by atoms with Crippen molar-refractivity contribution in [3.05, 3.63) is 0 Å². The number of ether oxygens (including phenoxy) is 5. The molecule has 0 saturated carbocycles. The van der Waals surface area contributed by atoms with E-state index in [-0.39, 0.29) is 13.2 Å². The van der Waals surface area contributed by atoms with Crippen LogP contribution in [0.5, 0.6) is 0 Å². The number of hydrogen-bond donors (Lipinski definition) is 1. The lowest BCUT2D eigenvalue weighted by atomic mass is 10.1. The van der Waals surface area contributed by atoms with Crippen molar-refractivity contribution in [1.29, 1.82) is 0 Å². The van der Waals surface area contributed by atoms with Gasteiger partial charge in [0.2, 0.25) is 0 Å². The molecule has 4 atom stereocenters. The maximum Gasteiger partial charge on any atom is 0.420 e. The lowest BCUT2D eigenvalue weighted by Gasteiger charge is -2.34. The summed E-state index contributed by atoms with van der Waals surface area (Å²) in [4.78, 5) is 39.5. The summed E-state index contributed by atoms with van der Waals surface area (Å²) in [7, 11) is 0. The van der Waals surface area contributed by atoms with Crippen LogP contribution in [-0.2, 0) is 28.5 Å². The Balaban J connectivity index is 3.10. The Hall–Kier alpha value is -1.91. The van der Waals surface area contributed by atoms with Crippen molar-refractivity contribution in [2.75, 3.05) is 19.8 Å². The van der Waals surface area contributed by atoms with Gasteiger partial charge in [0.15, 0.2) is 6.04 Å². The minimum absolute atomic E-state index is 0.141. The molecule has 2 amide bonds. The summed E-state index contributed by atoms with van der Waals surface area (Å²) in [5, 5.41) is 10.7. The molecule has 1 saturated heterocycles. The quantitative estimate of drug-likeness (QED) is 0.337. The van der Waals surface area contributed by atoms with Gasteiger partial charge in [0.05, 0.1) is 12.7 Å². The fraction of sp³-hybridized carbons (Fsp3) is 0.875. The number of unbranched alkanes of at least 4 members (excludes halogenated alkanes) is 2. The Morgan fingerprint density at radius 1 is 1.06 bits per heavy atom. The third kappa shape index (κ3) is 10.6. The summed E-state index contributed by atoms with van der Waals surface area (Å²) < 4.78 is 27.6. The maximum absolute atomic E-state index is 13.1. The average molecular weight is 490 g/mol. The average Bonchev–Trinajstić information content (AvgIpc) is 2.67. The molecule has 1 fully saturated rings. The van der Waals surface area contributed by atoms with E-state index in [0.29, 0.717) is 17.9 Å². The van der Waals surface area contributed by atoms with Crippen LogP contribution < -0.4 is 0 Å². The number of carbonyl (C=O) groups excluding carboxylic acids is 3. The molecule has 0 aliphatic carbocycles. The second-order valence-electron chi connectivity index (χ2n) is 10.5. The molecule has 0 spiro atoms. The van der Waals surface area contributed by atoms with Crippen LogP contribution in [0.25, 0.3) is 0 Å². The zero-order chi connectivity index (χ0) is 26.1. The number of hydrogen-bond acceptors (Lipinski definition) is 9. The van der Waals surface area contributed by atoms with E-state index in [4.69, 9.17) is 23.7 Å². The first-order chi connectivity index (χ1) is 15.7. The van der Waals surface area contributed by atoms with Gasteiger partial charge in [-0.1, -0.05) is 19.8 Å². The monoisotopic (exact) mass is 489 g/mol. The van der Waals surface area contributed by atoms with Crippen LogP contribution in [0.2, 0.25) is 0 Å². The molecule has 0 aromatic rings. The normalized spacial score (nSPS) is 24.7. The minimum atomic E-state index is -1.46. The van der Waals surface area contributed by atoms with Gasteiger partial charge in [-0.15, -0.1) is 0 Å². The van der Waals surface area contributed by atoms with Gasteiger partial charge >= 0.3 is 18.2 Å². The smallest absolute Gasteiger partial charge is 0.420 e. The van der Waals surface area contributed by atoms with Gasteiger partial charge in [0.25, 0.3) is 0 Å². The molecule has 0 bridgehead atoms. The molecule has 1 N–H and O–H groups in total. The van der Waals surface area contributed by atoms with Gasteiger partial charge < -0.3 is 28.8 Å². The van der Waals surface area contributed by atoms with Crippen LogP contribution in [0.1, 0.15) is 81.1 Å². The topological polar surface area (TPSA) is 121 Å². The van der Waals surface area contributed by atoms with Crippen molar-refractivity contribution in [3.8, 4) is 0 Å². The maximum atomic E-state index is 13.1. The predicted molar refractivity (Wildman–Crippen MR) is 124 cm³/mol. The second-order valence-corrected chi connectivity index (χ2v) is 10.5. The molecule has 1 heterocycles. The first-order valence-electron chi connectivity index (χ1n) is 12.0. The van der Waals surface area contributed by atoms with Crippen molar-refractivity contribution in [3.63, 3.8) is 0 Å². The van der Waals surface area contributed by atoms with E-state index in [1.54, 1.807) is 41.5 Å². The standard InChI is InChI=1S/C24H43NO9/c1-9-10-11-13-31-18-12-14-30-15-17(20(27)32-16(2)19(18)26)25(21(28)33-23(3,4)5)22(29)34-24(6,7)8/h16-19,26H,9-15H2,1-8H3/t16-,17-,18-,19-/m0/s1. The van der Waals surface area contributed by atoms with Crippen molar-refractivity contribution in [2.24, 2.45) is 0 Å². The van der Waals surface area contributed by atoms with Crippen LogP contribution in [0, 0.1) is 0 Å². The number of cyclic esters (lactones) is 1. The number of aliphatic hydroxyl groups excluding tert-OH is 1. The lowest BCUT2D eigenvalue weighted by molar-refractivity contribution is -0.172. The summed E-state index contributed by atoms with van der Waals surface area (Å²) in [5.41, 5.74) is -1.85. The van der Waals surface area contributed by atoms with Crippen LogP contribution in [0.15, 0.2) is 0 Å². The molecule has 34 heavy (non-hydrogen) atoms. The van der Waals surface area contributed by atoms with Crippen LogP contribution in [0.4, 0.5) is 9.59 Å². The molecular formula is C24H43NO9. The van der Waals surface area contributed by atoms with Crippen molar-refractivity contribution in [2.45, 2.75) is 117 Å². The van der Waals surface area contributed by atoms with Gasteiger partial charge in [-0.25, -0.2) is 14.4 Å². The van der Waals surface area contributed by atoms with Gasteiger partial charge in [-0.05, 0) is 61.3 Å². The Labute approximate surface area is 203 Å². The molecule has 0 aromatic heterocycles. The third-order valence-electron chi connectivity index (χ3n) is 4.83. The second kappa shape index (κ2) is 13.3. The summed E-state index contributed by atoms with van der Waals surface area (Å²) in [5.74, 6) is -0.921. The first kappa shape index (κ1) is 30.1. The van der Waals surface area contributed by atoms with E-state index < -0.39 is 53.7 Å². The minimum Gasteiger partial charge on any atom is -0.458 e. The van der Waals surface area contributed by atoms with Crippen molar-refractivity contribution >= 4 is 18.2 Å². The van der Waals surface area contributed by atoms with E-state index in [1.807, 2.05) is 0 Å². The number of amides is 2. The number of esters is 1. The largest absolute Gasteiger partial charge is 0.458 e. The van der Waals surface area contributed by atoms with E-state index in [9.17, 15) is 19.5 Å². The Morgan fingerprint density at radius 3 is 2.12 bits per heavy atom. The highest BCUT2D eigenvalue weighted by Crippen LogP contribution is 2.21. The van der Waals surface area contributed by atoms with Gasteiger partial charge in [-0.2, -0.15) is 4.90 Å². The summed E-state index contributed by atoms with van der Waals surface area (Å²) >= 11 is 0. The number of imide groups is 1. The first-order valence-corrected chi connectivity index (χ1v) is 12.0. The summed E-state index contributed by atoms with van der Waals surface area (Å²) in [6, 6.07) is -1.46. The molecule has 0 radical (unpaired) electrons.